The lowest BCUT2D eigenvalue weighted by Crippen LogP contribution is -2.12. The predicted octanol–water partition coefficient (Wildman–Crippen LogP) is 2.43. The van der Waals surface area contributed by atoms with Gasteiger partial charge in [-0.05, 0) is 46.3 Å². The summed E-state index contributed by atoms with van der Waals surface area (Å²) in [6.07, 6.45) is 0. The average Bonchev–Trinajstić information content (AvgIpc) is 2.42. The molecule has 2 aromatic carbocycles. The largest absolute Gasteiger partial charge is 0.495 e. The van der Waals surface area contributed by atoms with Gasteiger partial charge in [-0.15, -0.1) is 0 Å². The average molecular weight is 372 g/mol. The molecule has 0 saturated carbocycles. The Morgan fingerprint density at radius 2 is 1.90 bits per heavy atom. The molecule has 6 nitrogen and oxygen atoms in total. The molecule has 0 aliphatic heterocycles. The van der Waals surface area contributed by atoms with Crippen molar-refractivity contribution in [1.29, 1.82) is 0 Å². The normalized spacial score (nSPS) is 11.2. The Morgan fingerprint density at radius 1 is 1.19 bits per heavy atom. The highest BCUT2D eigenvalue weighted by Crippen LogP contribution is 2.31. The number of nitrogens with two attached hydrogens (primary N) is 2. The van der Waals surface area contributed by atoms with Gasteiger partial charge in [0.2, 0.25) is 10.0 Å². The van der Waals surface area contributed by atoms with Crippen molar-refractivity contribution in [2.24, 2.45) is 5.14 Å². The van der Waals surface area contributed by atoms with Crippen molar-refractivity contribution in [3.05, 3.63) is 40.9 Å². The van der Waals surface area contributed by atoms with Crippen molar-refractivity contribution < 1.29 is 13.2 Å². The molecular formula is C13H14BrN3O3S. The second-order valence-corrected chi connectivity index (χ2v) is 6.68. The molecule has 112 valence electrons. The maximum absolute atomic E-state index is 11.3. The van der Waals surface area contributed by atoms with Crippen LogP contribution in [0.4, 0.5) is 17.1 Å². The SMILES string of the molecule is COc1cc(Nc2ccc(S(N)(=O)=O)cc2N)ccc1Br. The summed E-state index contributed by atoms with van der Waals surface area (Å²) in [7, 11) is -2.20. The van der Waals surface area contributed by atoms with E-state index in [1.807, 2.05) is 12.1 Å². The molecule has 2 rings (SSSR count). The molecular weight excluding hydrogens is 358 g/mol. The van der Waals surface area contributed by atoms with E-state index in [2.05, 4.69) is 21.2 Å². The van der Waals surface area contributed by atoms with Crippen LogP contribution in [0.2, 0.25) is 0 Å². The van der Waals surface area contributed by atoms with Crippen LogP contribution in [0.1, 0.15) is 0 Å². The minimum atomic E-state index is -3.77. The summed E-state index contributed by atoms with van der Waals surface area (Å²) in [6, 6.07) is 9.72. The van der Waals surface area contributed by atoms with Gasteiger partial charge in [0.1, 0.15) is 5.75 Å². The summed E-state index contributed by atoms with van der Waals surface area (Å²) in [5.74, 6) is 0.666. The maximum atomic E-state index is 11.3. The third kappa shape index (κ3) is 3.66. The number of methoxy groups -OCH3 is 1. The standard InChI is InChI=1S/C13H14BrN3O3S/c1-20-13-6-8(2-4-10(13)14)17-12-5-3-9(7-11(12)15)21(16,18)19/h2-7,17H,15H2,1H3,(H2,16,18,19). The minimum Gasteiger partial charge on any atom is -0.495 e. The van der Waals surface area contributed by atoms with Crippen LogP contribution in [-0.4, -0.2) is 15.5 Å². The van der Waals surface area contributed by atoms with Gasteiger partial charge < -0.3 is 15.8 Å². The summed E-state index contributed by atoms with van der Waals surface area (Å²) in [6.45, 7) is 0. The van der Waals surface area contributed by atoms with Gasteiger partial charge in [-0.1, -0.05) is 0 Å². The topological polar surface area (TPSA) is 107 Å². The van der Waals surface area contributed by atoms with Crippen molar-refractivity contribution in [3.63, 3.8) is 0 Å². The molecule has 21 heavy (non-hydrogen) atoms. The van der Waals surface area contributed by atoms with E-state index in [9.17, 15) is 8.42 Å². The number of primary sulfonamides is 1. The van der Waals surface area contributed by atoms with E-state index in [0.717, 1.165) is 10.2 Å². The smallest absolute Gasteiger partial charge is 0.238 e. The van der Waals surface area contributed by atoms with Crippen LogP contribution in [0.15, 0.2) is 45.8 Å². The molecule has 0 bridgehead atoms. The van der Waals surface area contributed by atoms with Crippen LogP contribution >= 0.6 is 15.9 Å². The van der Waals surface area contributed by atoms with Crippen molar-refractivity contribution in [3.8, 4) is 5.75 Å². The fourth-order valence-electron chi connectivity index (χ4n) is 1.72. The first-order chi connectivity index (χ1) is 9.81. The molecule has 2 aromatic rings. The fourth-order valence-corrected chi connectivity index (χ4v) is 2.68. The van der Waals surface area contributed by atoms with Gasteiger partial charge in [-0.2, -0.15) is 0 Å². The number of halogens is 1. The molecule has 5 N–H and O–H groups in total. The summed E-state index contributed by atoms with van der Waals surface area (Å²) in [4.78, 5) is -0.0288. The molecule has 0 fully saturated rings. The highest BCUT2D eigenvalue weighted by molar-refractivity contribution is 9.10. The first-order valence-corrected chi connectivity index (χ1v) is 8.18. The van der Waals surface area contributed by atoms with Crippen molar-refractivity contribution in [2.45, 2.75) is 4.90 Å². The minimum absolute atomic E-state index is 0.0288. The Balaban J connectivity index is 2.32. The lowest BCUT2D eigenvalue weighted by Gasteiger charge is -2.12. The lowest BCUT2D eigenvalue weighted by molar-refractivity contribution is 0.412. The van der Waals surface area contributed by atoms with Gasteiger partial charge in [0.25, 0.3) is 0 Å². The zero-order valence-corrected chi connectivity index (χ0v) is 13.5. The van der Waals surface area contributed by atoms with Crippen molar-refractivity contribution >= 4 is 43.0 Å². The Morgan fingerprint density at radius 3 is 2.48 bits per heavy atom. The summed E-state index contributed by atoms with van der Waals surface area (Å²) in [5.41, 5.74) is 7.45. The predicted molar refractivity (Wildman–Crippen MR) is 86.2 cm³/mol. The number of hydrogen-bond donors (Lipinski definition) is 3. The van der Waals surface area contributed by atoms with Crippen LogP contribution in [0.3, 0.4) is 0 Å². The van der Waals surface area contributed by atoms with E-state index in [1.54, 1.807) is 19.2 Å². The molecule has 0 amide bonds. The summed E-state index contributed by atoms with van der Waals surface area (Å²) in [5, 5.41) is 8.15. The van der Waals surface area contributed by atoms with Crippen LogP contribution in [0.5, 0.6) is 5.75 Å². The van der Waals surface area contributed by atoms with E-state index in [1.165, 1.54) is 12.1 Å². The fraction of sp³-hybridized carbons (Fsp3) is 0.0769. The Hall–Kier alpha value is -1.77. The molecule has 0 atom stereocenters. The number of rotatable bonds is 4. The number of sulfonamides is 1. The second-order valence-electron chi connectivity index (χ2n) is 4.27. The van der Waals surface area contributed by atoms with Gasteiger partial charge in [-0.25, -0.2) is 13.6 Å². The van der Waals surface area contributed by atoms with Gasteiger partial charge in [-0.3, -0.25) is 0 Å². The van der Waals surface area contributed by atoms with E-state index >= 15 is 0 Å². The van der Waals surface area contributed by atoms with Gasteiger partial charge in [0.15, 0.2) is 0 Å². The van der Waals surface area contributed by atoms with Crippen molar-refractivity contribution in [1.82, 2.24) is 0 Å². The number of anilines is 3. The third-order valence-corrected chi connectivity index (χ3v) is 4.35. The van der Waals surface area contributed by atoms with Crippen LogP contribution < -0.4 is 20.9 Å². The molecule has 8 heteroatoms. The van der Waals surface area contributed by atoms with Crippen molar-refractivity contribution in [2.75, 3.05) is 18.2 Å². The van der Waals surface area contributed by atoms with Gasteiger partial charge in [0, 0.05) is 11.8 Å². The molecule has 0 saturated heterocycles. The highest BCUT2D eigenvalue weighted by atomic mass is 79.9. The van der Waals surface area contributed by atoms with Gasteiger partial charge >= 0.3 is 0 Å². The van der Waals surface area contributed by atoms with Crippen LogP contribution in [-0.2, 0) is 10.0 Å². The summed E-state index contributed by atoms with van der Waals surface area (Å²) < 4.78 is 28.5. The number of hydrogen-bond acceptors (Lipinski definition) is 5. The van der Waals surface area contributed by atoms with Crippen LogP contribution in [0.25, 0.3) is 0 Å². The zero-order chi connectivity index (χ0) is 15.6. The zero-order valence-electron chi connectivity index (χ0n) is 11.1. The monoisotopic (exact) mass is 371 g/mol. The number of nitrogen functional groups attached to an aromatic ring is 1. The lowest BCUT2D eigenvalue weighted by atomic mass is 10.2. The molecule has 0 aliphatic rings. The van der Waals surface area contributed by atoms with E-state index in [-0.39, 0.29) is 10.6 Å². The highest BCUT2D eigenvalue weighted by Gasteiger charge is 2.10. The quantitative estimate of drug-likeness (QED) is 0.715. The Labute approximate surface area is 131 Å². The van der Waals surface area contributed by atoms with Gasteiger partial charge in [0.05, 0.1) is 27.9 Å². The molecule has 0 aromatic heterocycles. The number of benzene rings is 2. The molecule has 0 heterocycles. The first kappa shape index (κ1) is 15.6. The van der Waals surface area contributed by atoms with E-state index in [4.69, 9.17) is 15.6 Å². The van der Waals surface area contributed by atoms with Crippen LogP contribution in [0, 0.1) is 0 Å². The third-order valence-electron chi connectivity index (χ3n) is 2.78. The first-order valence-electron chi connectivity index (χ1n) is 5.84. The molecule has 0 radical (unpaired) electrons. The van der Waals surface area contributed by atoms with E-state index < -0.39 is 10.0 Å². The Bertz CT molecular complexity index is 778. The van der Waals surface area contributed by atoms with E-state index in [0.29, 0.717) is 11.4 Å². The summed E-state index contributed by atoms with van der Waals surface area (Å²) >= 11 is 3.36. The number of ether oxygens (including phenoxy) is 1. The Kier molecular flexibility index (Phi) is 4.40. The molecule has 0 spiro atoms. The maximum Gasteiger partial charge on any atom is 0.238 e. The second kappa shape index (κ2) is 5.92. The molecule has 0 aliphatic carbocycles. The molecule has 0 unspecified atom stereocenters. The number of nitrogens with one attached hydrogen (secondary N) is 1.